The first-order valence-electron chi connectivity index (χ1n) is 11.8. The Morgan fingerprint density at radius 3 is 2.09 bits per heavy atom. The maximum Gasteiger partial charge on any atom is 0.293 e. The number of allylic oxidation sites excluding steroid dienone is 11. The third kappa shape index (κ3) is 11.7. The van der Waals surface area contributed by atoms with Crippen molar-refractivity contribution in [1.82, 2.24) is 0 Å². The van der Waals surface area contributed by atoms with Crippen LogP contribution in [0.3, 0.4) is 0 Å². The van der Waals surface area contributed by atoms with Gasteiger partial charge >= 0.3 is 0 Å². The highest BCUT2D eigenvalue weighted by Crippen LogP contribution is 2.25. The van der Waals surface area contributed by atoms with Crippen LogP contribution in [0.15, 0.2) is 109 Å². The molecule has 0 amide bonds. The molecule has 0 aromatic heterocycles. The van der Waals surface area contributed by atoms with Crippen molar-refractivity contribution in [2.75, 3.05) is 13.7 Å². The van der Waals surface area contributed by atoms with Gasteiger partial charge in [0.1, 0.15) is 5.76 Å². The molecular weight excluding hydrogens is 420 g/mol. The van der Waals surface area contributed by atoms with E-state index in [1.54, 1.807) is 7.11 Å². The molecule has 0 heterocycles. The molecule has 0 spiro atoms. The first-order valence-corrected chi connectivity index (χ1v) is 11.8. The van der Waals surface area contributed by atoms with Gasteiger partial charge in [-0.1, -0.05) is 96.9 Å². The summed E-state index contributed by atoms with van der Waals surface area (Å²) in [7, 11) is 1.54. The van der Waals surface area contributed by atoms with Gasteiger partial charge in [0.15, 0.2) is 0 Å². The Hall–Kier alpha value is -3.07. The molecular formula is C31H44O3. The standard InChI is InChI=1S/C31H44O3/c1-12-22(2)13-14-23(3)24(4)15-16-25(5)29(9)28(8)19-26(6)27(7)20-31(30(10)33-11)17-18-34-21-32/h15-16,19-23H,4-7,9-10,12-14,17-18H2,1-3,8,11H3/b16-15-,28-19-,31-20-. The predicted molar refractivity (Wildman–Crippen MR) is 147 cm³/mol. The van der Waals surface area contributed by atoms with E-state index in [9.17, 15) is 4.79 Å². The van der Waals surface area contributed by atoms with Gasteiger partial charge in [-0.25, -0.2) is 0 Å². The highest BCUT2D eigenvalue weighted by molar-refractivity contribution is 5.54. The number of hydrogen-bond donors (Lipinski definition) is 0. The number of ether oxygens (including phenoxy) is 2. The van der Waals surface area contributed by atoms with Crippen LogP contribution in [0.2, 0.25) is 0 Å². The SMILES string of the molecule is C=C(/C=C(/C)C(=C)C(=C)/C=C\C(=C)C(C)CCC(C)CC)C(=C)/C=C(/CCOC=O)C(=C)OC. The Balaban J connectivity index is 5.19. The summed E-state index contributed by atoms with van der Waals surface area (Å²) in [5, 5.41) is 0. The zero-order valence-corrected chi connectivity index (χ0v) is 22.0. The summed E-state index contributed by atoms with van der Waals surface area (Å²) < 4.78 is 10.0. The van der Waals surface area contributed by atoms with Crippen molar-refractivity contribution in [3.05, 3.63) is 109 Å². The molecule has 0 aliphatic heterocycles. The van der Waals surface area contributed by atoms with Crippen LogP contribution < -0.4 is 0 Å². The lowest BCUT2D eigenvalue weighted by atomic mass is 9.91. The molecule has 0 saturated heterocycles. The molecule has 0 aliphatic rings. The fraction of sp³-hybridized carbons (Fsp3) is 0.387. The smallest absolute Gasteiger partial charge is 0.293 e. The van der Waals surface area contributed by atoms with E-state index in [-0.39, 0.29) is 6.61 Å². The number of hydrogen-bond acceptors (Lipinski definition) is 3. The largest absolute Gasteiger partial charge is 0.497 e. The van der Waals surface area contributed by atoms with E-state index in [4.69, 9.17) is 9.47 Å². The molecule has 3 heteroatoms. The van der Waals surface area contributed by atoms with E-state index in [0.717, 1.165) is 45.8 Å². The van der Waals surface area contributed by atoms with E-state index < -0.39 is 0 Å². The molecule has 2 atom stereocenters. The Labute approximate surface area is 208 Å². The van der Waals surface area contributed by atoms with Crippen LogP contribution in [-0.4, -0.2) is 20.2 Å². The van der Waals surface area contributed by atoms with Crippen LogP contribution in [0.5, 0.6) is 0 Å². The first-order chi connectivity index (χ1) is 16.0. The minimum absolute atomic E-state index is 0.233. The van der Waals surface area contributed by atoms with Gasteiger partial charge in [0, 0.05) is 6.42 Å². The monoisotopic (exact) mass is 464 g/mol. The lowest BCUT2D eigenvalue weighted by Gasteiger charge is -2.15. The normalized spacial score (nSPS) is 13.7. The molecule has 3 nitrogen and oxygen atoms in total. The van der Waals surface area contributed by atoms with Gasteiger partial charge < -0.3 is 9.47 Å². The highest BCUT2D eigenvalue weighted by Gasteiger charge is 2.09. The molecule has 2 unspecified atom stereocenters. The second-order valence-electron chi connectivity index (χ2n) is 8.80. The highest BCUT2D eigenvalue weighted by atomic mass is 16.5. The zero-order chi connectivity index (χ0) is 26.3. The van der Waals surface area contributed by atoms with Crippen LogP contribution >= 0.6 is 0 Å². The fourth-order valence-electron chi connectivity index (χ4n) is 3.03. The van der Waals surface area contributed by atoms with Crippen molar-refractivity contribution < 1.29 is 14.3 Å². The lowest BCUT2D eigenvalue weighted by molar-refractivity contribution is -0.128. The van der Waals surface area contributed by atoms with E-state index >= 15 is 0 Å². The summed E-state index contributed by atoms with van der Waals surface area (Å²) in [6.45, 7) is 34.1. The van der Waals surface area contributed by atoms with Crippen LogP contribution in [0, 0.1) is 11.8 Å². The molecule has 0 N–H and O–H groups in total. The second-order valence-corrected chi connectivity index (χ2v) is 8.80. The molecule has 0 aliphatic carbocycles. The van der Waals surface area contributed by atoms with Gasteiger partial charge in [0.25, 0.3) is 6.47 Å². The molecule has 0 saturated carbocycles. The van der Waals surface area contributed by atoms with Crippen LogP contribution in [0.25, 0.3) is 0 Å². The molecule has 0 rings (SSSR count). The molecule has 0 bridgehead atoms. The summed E-state index contributed by atoms with van der Waals surface area (Å²) in [5.74, 6) is 1.67. The van der Waals surface area contributed by atoms with Gasteiger partial charge in [-0.05, 0) is 64.7 Å². The van der Waals surface area contributed by atoms with Crippen molar-refractivity contribution in [3.8, 4) is 0 Å². The average Bonchev–Trinajstić information content (AvgIpc) is 2.83. The maximum absolute atomic E-state index is 10.4. The minimum Gasteiger partial charge on any atom is -0.497 e. The second kappa shape index (κ2) is 16.5. The van der Waals surface area contributed by atoms with E-state index in [0.29, 0.717) is 30.1 Å². The quantitative estimate of drug-likeness (QED) is 0.0884. The molecule has 186 valence electrons. The Morgan fingerprint density at radius 1 is 0.912 bits per heavy atom. The van der Waals surface area contributed by atoms with Crippen LogP contribution in [-0.2, 0) is 14.3 Å². The summed E-state index contributed by atoms with van der Waals surface area (Å²) in [6.07, 6.45) is 11.8. The van der Waals surface area contributed by atoms with Crippen molar-refractivity contribution >= 4 is 6.47 Å². The van der Waals surface area contributed by atoms with E-state index in [1.807, 2.05) is 31.2 Å². The van der Waals surface area contributed by atoms with Crippen molar-refractivity contribution in [2.24, 2.45) is 11.8 Å². The Morgan fingerprint density at radius 2 is 1.53 bits per heavy atom. The number of carbonyl (C=O) groups excluding carboxylic acids is 1. The topological polar surface area (TPSA) is 35.5 Å². The third-order valence-corrected chi connectivity index (χ3v) is 6.10. The molecule has 0 radical (unpaired) electrons. The predicted octanol–water partition coefficient (Wildman–Crippen LogP) is 8.38. The van der Waals surface area contributed by atoms with E-state index in [1.165, 1.54) is 12.8 Å². The van der Waals surface area contributed by atoms with Gasteiger partial charge in [0.05, 0.1) is 13.7 Å². The van der Waals surface area contributed by atoms with Crippen molar-refractivity contribution in [3.63, 3.8) is 0 Å². The number of carbonyl (C=O) groups is 1. The van der Waals surface area contributed by atoms with Gasteiger partial charge in [-0.15, -0.1) is 0 Å². The Kier molecular flexibility index (Phi) is 15.0. The average molecular weight is 465 g/mol. The molecule has 0 fully saturated rings. The fourth-order valence-corrected chi connectivity index (χ4v) is 3.03. The minimum atomic E-state index is 0.233. The molecule has 0 aromatic carbocycles. The van der Waals surface area contributed by atoms with Gasteiger partial charge in [-0.3, -0.25) is 4.79 Å². The van der Waals surface area contributed by atoms with Crippen molar-refractivity contribution in [2.45, 2.75) is 53.4 Å². The Bertz CT molecular complexity index is 876. The molecule has 34 heavy (non-hydrogen) atoms. The summed E-state index contributed by atoms with van der Waals surface area (Å²) in [6, 6.07) is 0. The van der Waals surface area contributed by atoms with E-state index in [2.05, 4.69) is 60.2 Å². The van der Waals surface area contributed by atoms with Crippen LogP contribution in [0.4, 0.5) is 0 Å². The number of rotatable bonds is 18. The van der Waals surface area contributed by atoms with Crippen LogP contribution in [0.1, 0.15) is 53.4 Å². The lowest BCUT2D eigenvalue weighted by Crippen LogP contribution is -2.01. The number of methoxy groups -OCH3 is 1. The molecule has 0 aromatic rings. The van der Waals surface area contributed by atoms with Gasteiger partial charge in [-0.2, -0.15) is 0 Å². The first kappa shape index (κ1) is 30.9. The summed E-state index contributed by atoms with van der Waals surface area (Å²) in [4.78, 5) is 10.4. The zero-order valence-electron chi connectivity index (χ0n) is 22.0. The third-order valence-electron chi connectivity index (χ3n) is 6.10. The summed E-state index contributed by atoms with van der Waals surface area (Å²) in [5.41, 5.74) is 5.93. The van der Waals surface area contributed by atoms with Gasteiger partial charge in [0.2, 0.25) is 0 Å². The summed E-state index contributed by atoms with van der Waals surface area (Å²) >= 11 is 0. The van der Waals surface area contributed by atoms with Crippen molar-refractivity contribution in [1.29, 1.82) is 0 Å². The maximum atomic E-state index is 10.4.